The van der Waals surface area contributed by atoms with Gasteiger partial charge in [-0.25, -0.2) is 8.42 Å². The highest BCUT2D eigenvalue weighted by atomic mass is 32.2. The average molecular weight is 419 g/mol. The van der Waals surface area contributed by atoms with Gasteiger partial charge in [0.05, 0.1) is 11.5 Å². The fraction of sp³-hybridized carbons (Fsp3) is 0.409. The number of nitrogens with one attached hydrogen (secondary N) is 1. The van der Waals surface area contributed by atoms with Gasteiger partial charge in [0.25, 0.3) is 0 Å². The van der Waals surface area contributed by atoms with E-state index in [9.17, 15) is 13.2 Å². The third-order valence-corrected chi connectivity index (χ3v) is 6.18. The number of amides is 1. The lowest BCUT2D eigenvalue weighted by molar-refractivity contribution is -0.132. The van der Waals surface area contributed by atoms with E-state index < -0.39 is 16.1 Å². The Morgan fingerprint density at radius 3 is 2.28 bits per heavy atom. The molecule has 0 aliphatic heterocycles. The van der Waals surface area contributed by atoms with Gasteiger partial charge in [0.1, 0.15) is 11.8 Å². The minimum absolute atomic E-state index is 0.115. The van der Waals surface area contributed by atoms with Gasteiger partial charge in [-0.15, -0.1) is 0 Å². The summed E-state index contributed by atoms with van der Waals surface area (Å²) in [5, 5.41) is 0. The van der Waals surface area contributed by atoms with Crippen LogP contribution >= 0.6 is 0 Å². The summed E-state index contributed by atoms with van der Waals surface area (Å²) in [7, 11) is -3.88. The summed E-state index contributed by atoms with van der Waals surface area (Å²) >= 11 is 0. The number of aryl methyl sites for hydroxylation is 1. The monoisotopic (exact) mass is 418 g/mol. The van der Waals surface area contributed by atoms with Crippen molar-refractivity contribution in [2.24, 2.45) is 0 Å². The molecule has 1 N–H and O–H groups in total. The molecule has 29 heavy (non-hydrogen) atoms. The lowest BCUT2D eigenvalue weighted by atomic mass is 10.1. The van der Waals surface area contributed by atoms with Gasteiger partial charge < -0.3 is 9.64 Å². The molecule has 1 amide bonds. The number of hydrogen-bond donors (Lipinski definition) is 1. The summed E-state index contributed by atoms with van der Waals surface area (Å²) in [6, 6.07) is 13.2. The second kappa shape index (κ2) is 10.4. The van der Waals surface area contributed by atoms with E-state index in [1.54, 1.807) is 24.0 Å². The molecule has 0 heterocycles. The Balaban J connectivity index is 2.33. The SMILES string of the molecule is CCOc1ccc(S(=O)(=O)N[C@H](Cc2ccccc2)C(=O)N(CC)CC)cc1C. The Morgan fingerprint density at radius 2 is 1.72 bits per heavy atom. The number of likely N-dealkylation sites (N-methyl/N-ethyl adjacent to an activating group) is 1. The first-order chi connectivity index (χ1) is 13.8. The van der Waals surface area contributed by atoms with Crippen LogP contribution in [0.3, 0.4) is 0 Å². The number of rotatable bonds is 10. The van der Waals surface area contributed by atoms with Crippen LogP contribution in [-0.2, 0) is 21.2 Å². The summed E-state index contributed by atoms with van der Waals surface area (Å²) in [5.41, 5.74) is 1.62. The molecule has 158 valence electrons. The Labute approximate surface area is 173 Å². The van der Waals surface area contributed by atoms with E-state index in [-0.39, 0.29) is 17.2 Å². The molecule has 0 aliphatic rings. The number of sulfonamides is 1. The van der Waals surface area contributed by atoms with Gasteiger partial charge in [-0.1, -0.05) is 30.3 Å². The van der Waals surface area contributed by atoms with Gasteiger partial charge in [0, 0.05) is 13.1 Å². The van der Waals surface area contributed by atoms with E-state index in [1.165, 1.54) is 6.07 Å². The maximum Gasteiger partial charge on any atom is 0.241 e. The summed E-state index contributed by atoms with van der Waals surface area (Å²) in [4.78, 5) is 14.8. The first kappa shape index (κ1) is 22.9. The quantitative estimate of drug-likeness (QED) is 0.643. The molecule has 7 heteroatoms. The maximum absolute atomic E-state index is 13.0. The molecule has 0 bridgehead atoms. The van der Waals surface area contributed by atoms with Gasteiger partial charge in [-0.2, -0.15) is 4.72 Å². The van der Waals surface area contributed by atoms with Gasteiger partial charge in [-0.05, 0) is 63.4 Å². The standard InChI is InChI=1S/C22H30N2O4S/c1-5-24(6-2)22(25)20(16-18-11-9-8-10-12-18)23-29(26,27)19-13-14-21(28-7-3)17(4)15-19/h8-15,20,23H,5-7,16H2,1-4H3/t20-/m1/s1. The molecule has 2 aromatic carbocycles. The highest BCUT2D eigenvalue weighted by molar-refractivity contribution is 7.89. The third-order valence-electron chi connectivity index (χ3n) is 4.71. The highest BCUT2D eigenvalue weighted by Gasteiger charge is 2.29. The largest absolute Gasteiger partial charge is 0.494 e. The Bertz CT molecular complexity index is 910. The molecule has 0 radical (unpaired) electrons. The minimum atomic E-state index is -3.88. The Hall–Kier alpha value is -2.38. The van der Waals surface area contributed by atoms with Crippen LogP contribution in [0.25, 0.3) is 0 Å². The van der Waals surface area contributed by atoms with Crippen molar-refractivity contribution in [2.45, 2.75) is 45.1 Å². The lowest BCUT2D eigenvalue weighted by Gasteiger charge is -2.26. The molecule has 2 rings (SSSR count). The van der Waals surface area contributed by atoms with E-state index in [4.69, 9.17) is 4.74 Å². The van der Waals surface area contributed by atoms with Crippen LogP contribution in [0.15, 0.2) is 53.4 Å². The van der Waals surface area contributed by atoms with E-state index in [0.29, 0.717) is 25.4 Å². The highest BCUT2D eigenvalue weighted by Crippen LogP contribution is 2.22. The van der Waals surface area contributed by atoms with E-state index in [0.717, 1.165) is 11.1 Å². The second-order valence-corrected chi connectivity index (χ2v) is 8.45. The molecule has 1 atom stereocenters. The van der Waals surface area contributed by atoms with Crippen LogP contribution in [0.2, 0.25) is 0 Å². The zero-order valence-electron chi connectivity index (χ0n) is 17.5. The Morgan fingerprint density at radius 1 is 1.07 bits per heavy atom. The van der Waals surface area contributed by atoms with Crippen molar-refractivity contribution in [3.63, 3.8) is 0 Å². The molecule has 0 spiro atoms. The van der Waals surface area contributed by atoms with Crippen molar-refractivity contribution >= 4 is 15.9 Å². The normalized spacial score (nSPS) is 12.4. The van der Waals surface area contributed by atoms with Gasteiger partial charge in [0.15, 0.2) is 0 Å². The number of carbonyl (C=O) groups excluding carboxylic acids is 1. The molecular weight excluding hydrogens is 388 g/mol. The molecule has 0 fully saturated rings. The van der Waals surface area contributed by atoms with Gasteiger partial charge in [0.2, 0.25) is 15.9 Å². The molecule has 0 aliphatic carbocycles. The molecule has 6 nitrogen and oxygen atoms in total. The van der Waals surface area contributed by atoms with Crippen LogP contribution in [0.4, 0.5) is 0 Å². The smallest absolute Gasteiger partial charge is 0.241 e. The summed E-state index contributed by atoms with van der Waals surface area (Å²) < 4.78 is 34.2. The molecule has 0 aromatic heterocycles. The van der Waals surface area contributed by atoms with Crippen LogP contribution in [0.5, 0.6) is 5.75 Å². The first-order valence-electron chi connectivity index (χ1n) is 9.90. The summed E-state index contributed by atoms with van der Waals surface area (Å²) in [6.07, 6.45) is 0.283. The average Bonchev–Trinajstić information content (AvgIpc) is 2.70. The molecule has 0 saturated carbocycles. The number of benzene rings is 2. The van der Waals surface area contributed by atoms with E-state index >= 15 is 0 Å². The number of hydrogen-bond acceptors (Lipinski definition) is 4. The predicted octanol–water partition coefficient (Wildman–Crippen LogP) is 3.15. The predicted molar refractivity (Wildman–Crippen MR) is 115 cm³/mol. The van der Waals surface area contributed by atoms with Crippen molar-refractivity contribution in [3.05, 3.63) is 59.7 Å². The first-order valence-corrected chi connectivity index (χ1v) is 11.4. The van der Waals surface area contributed by atoms with Crippen molar-refractivity contribution in [1.82, 2.24) is 9.62 Å². The van der Waals surface area contributed by atoms with Crippen molar-refractivity contribution in [3.8, 4) is 5.75 Å². The fourth-order valence-corrected chi connectivity index (χ4v) is 4.42. The second-order valence-electron chi connectivity index (χ2n) is 6.73. The topological polar surface area (TPSA) is 75.7 Å². The van der Waals surface area contributed by atoms with Crippen LogP contribution in [0, 0.1) is 6.92 Å². The van der Waals surface area contributed by atoms with Crippen LogP contribution in [-0.4, -0.2) is 45.0 Å². The van der Waals surface area contributed by atoms with E-state index in [1.807, 2.05) is 51.1 Å². The zero-order valence-corrected chi connectivity index (χ0v) is 18.3. The van der Waals surface area contributed by atoms with Crippen molar-refractivity contribution in [2.75, 3.05) is 19.7 Å². The van der Waals surface area contributed by atoms with Gasteiger partial charge >= 0.3 is 0 Å². The third kappa shape index (κ3) is 6.05. The lowest BCUT2D eigenvalue weighted by Crippen LogP contribution is -2.49. The number of ether oxygens (including phenoxy) is 1. The van der Waals surface area contributed by atoms with Gasteiger partial charge in [-0.3, -0.25) is 4.79 Å². The Kier molecular flexibility index (Phi) is 8.22. The number of carbonyl (C=O) groups is 1. The minimum Gasteiger partial charge on any atom is -0.494 e. The zero-order chi connectivity index (χ0) is 21.4. The van der Waals surface area contributed by atoms with Crippen molar-refractivity contribution in [1.29, 1.82) is 0 Å². The number of nitrogens with zero attached hydrogens (tertiary/aromatic N) is 1. The molecular formula is C22H30N2O4S. The summed E-state index contributed by atoms with van der Waals surface area (Å²) in [5.74, 6) is 0.414. The van der Waals surface area contributed by atoms with Crippen LogP contribution < -0.4 is 9.46 Å². The van der Waals surface area contributed by atoms with Crippen molar-refractivity contribution < 1.29 is 17.9 Å². The fourth-order valence-electron chi connectivity index (χ4n) is 3.15. The van der Waals surface area contributed by atoms with E-state index in [2.05, 4.69) is 4.72 Å². The van der Waals surface area contributed by atoms with Crippen LogP contribution in [0.1, 0.15) is 31.9 Å². The molecule has 0 saturated heterocycles. The summed E-state index contributed by atoms with van der Waals surface area (Å²) in [6.45, 7) is 8.97. The molecule has 0 unspecified atom stereocenters. The molecule has 2 aromatic rings. The maximum atomic E-state index is 13.0.